The van der Waals surface area contributed by atoms with Gasteiger partial charge in [0.15, 0.2) is 0 Å². The molecule has 3 nitrogen and oxygen atoms in total. The van der Waals surface area contributed by atoms with Crippen LogP contribution in [0.25, 0.3) is 0 Å². The van der Waals surface area contributed by atoms with Gasteiger partial charge in [0.1, 0.15) is 5.76 Å². The second kappa shape index (κ2) is 3.94. The summed E-state index contributed by atoms with van der Waals surface area (Å²) in [6.07, 6.45) is 3.76. The molecule has 2 heterocycles. The first-order chi connectivity index (χ1) is 6.38. The summed E-state index contributed by atoms with van der Waals surface area (Å²) in [5.74, 6) is 1.41. The Morgan fingerprint density at radius 2 is 2.15 bits per heavy atom. The Morgan fingerprint density at radius 3 is 2.77 bits per heavy atom. The minimum Gasteiger partial charge on any atom is -0.468 e. The zero-order chi connectivity index (χ0) is 9.10. The van der Waals surface area contributed by atoms with Crippen LogP contribution in [0.3, 0.4) is 0 Å². The zero-order valence-electron chi connectivity index (χ0n) is 7.61. The monoisotopic (exact) mass is 181 g/mol. The third kappa shape index (κ3) is 1.92. The molecule has 0 saturated carbocycles. The average molecular weight is 181 g/mol. The summed E-state index contributed by atoms with van der Waals surface area (Å²) in [6, 6.07) is 3.87. The lowest BCUT2D eigenvalue weighted by atomic mass is 9.91. The molecule has 3 heteroatoms. The molecule has 2 N–H and O–H groups in total. The van der Waals surface area contributed by atoms with Crippen molar-refractivity contribution in [3.8, 4) is 0 Å². The summed E-state index contributed by atoms with van der Waals surface area (Å²) in [5.41, 5.74) is 6.06. The second-order valence-corrected chi connectivity index (χ2v) is 3.49. The van der Waals surface area contributed by atoms with E-state index in [-0.39, 0.29) is 6.04 Å². The highest BCUT2D eigenvalue weighted by atomic mass is 16.5. The predicted octanol–water partition coefficient (Wildman–Crippen LogP) is 1.71. The van der Waals surface area contributed by atoms with E-state index in [0.29, 0.717) is 5.92 Å². The van der Waals surface area contributed by atoms with E-state index in [1.165, 1.54) is 0 Å². The maximum absolute atomic E-state index is 6.06. The van der Waals surface area contributed by atoms with Gasteiger partial charge in [-0.1, -0.05) is 0 Å². The lowest BCUT2D eigenvalue weighted by Gasteiger charge is -2.26. The average Bonchev–Trinajstić information content (AvgIpc) is 2.71. The molecule has 1 atom stereocenters. The van der Waals surface area contributed by atoms with Gasteiger partial charge >= 0.3 is 0 Å². The second-order valence-electron chi connectivity index (χ2n) is 3.49. The SMILES string of the molecule is N[C@H](c1ccco1)C1CCOCC1. The fourth-order valence-electron chi connectivity index (χ4n) is 1.79. The number of ether oxygens (including phenoxy) is 1. The van der Waals surface area contributed by atoms with Gasteiger partial charge in [-0.25, -0.2) is 0 Å². The summed E-state index contributed by atoms with van der Waals surface area (Å²) < 4.78 is 10.6. The van der Waals surface area contributed by atoms with Gasteiger partial charge in [-0.2, -0.15) is 0 Å². The van der Waals surface area contributed by atoms with E-state index in [9.17, 15) is 0 Å². The van der Waals surface area contributed by atoms with Gasteiger partial charge in [0.05, 0.1) is 12.3 Å². The van der Waals surface area contributed by atoms with Gasteiger partial charge in [0.2, 0.25) is 0 Å². The van der Waals surface area contributed by atoms with Crippen molar-refractivity contribution in [1.82, 2.24) is 0 Å². The Hall–Kier alpha value is -0.800. The van der Waals surface area contributed by atoms with E-state index in [1.807, 2.05) is 12.1 Å². The van der Waals surface area contributed by atoms with Crippen molar-refractivity contribution < 1.29 is 9.15 Å². The minimum atomic E-state index is 0.0406. The van der Waals surface area contributed by atoms with E-state index < -0.39 is 0 Å². The van der Waals surface area contributed by atoms with E-state index >= 15 is 0 Å². The van der Waals surface area contributed by atoms with E-state index in [0.717, 1.165) is 31.8 Å². The van der Waals surface area contributed by atoms with E-state index in [2.05, 4.69) is 0 Å². The van der Waals surface area contributed by atoms with Gasteiger partial charge < -0.3 is 14.9 Å². The van der Waals surface area contributed by atoms with Crippen molar-refractivity contribution in [3.05, 3.63) is 24.2 Å². The fourth-order valence-corrected chi connectivity index (χ4v) is 1.79. The highest BCUT2D eigenvalue weighted by Gasteiger charge is 2.23. The molecule has 1 saturated heterocycles. The molecular weight excluding hydrogens is 166 g/mol. The van der Waals surface area contributed by atoms with Crippen LogP contribution in [0.2, 0.25) is 0 Å². The molecule has 2 rings (SSSR count). The van der Waals surface area contributed by atoms with Crippen molar-refractivity contribution in [2.75, 3.05) is 13.2 Å². The van der Waals surface area contributed by atoms with Crippen molar-refractivity contribution >= 4 is 0 Å². The Kier molecular flexibility index (Phi) is 2.66. The molecule has 13 heavy (non-hydrogen) atoms. The number of furan rings is 1. The van der Waals surface area contributed by atoms with Crippen LogP contribution < -0.4 is 5.73 Å². The molecule has 0 aromatic carbocycles. The largest absolute Gasteiger partial charge is 0.468 e. The Labute approximate surface area is 77.9 Å². The predicted molar refractivity (Wildman–Crippen MR) is 49.2 cm³/mol. The number of nitrogens with two attached hydrogens (primary N) is 1. The van der Waals surface area contributed by atoms with Crippen LogP contribution >= 0.6 is 0 Å². The fraction of sp³-hybridized carbons (Fsp3) is 0.600. The Balaban J connectivity index is 1.99. The normalized spacial score (nSPS) is 21.6. The van der Waals surface area contributed by atoms with Crippen molar-refractivity contribution in [1.29, 1.82) is 0 Å². The third-order valence-corrected chi connectivity index (χ3v) is 2.65. The molecule has 0 aliphatic carbocycles. The maximum Gasteiger partial charge on any atom is 0.120 e. The van der Waals surface area contributed by atoms with Gasteiger partial charge in [0, 0.05) is 13.2 Å². The third-order valence-electron chi connectivity index (χ3n) is 2.65. The van der Waals surface area contributed by atoms with E-state index in [4.69, 9.17) is 14.9 Å². The molecule has 1 aromatic rings. The van der Waals surface area contributed by atoms with Crippen LogP contribution in [-0.4, -0.2) is 13.2 Å². The standard InChI is InChI=1S/C10H15NO2/c11-10(9-2-1-5-13-9)8-3-6-12-7-4-8/h1-2,5,8,10H,3-4,6-7,11H2/t10-/m0/s1. The lowest BCUT2D eigenvalue weighted by molar-refractivity contribution is 0.0560. The smallest absolute Gasteiger partial charge is 0.120 e. The van der Waals surface area contributed by atoms with Gasteiger partial charge in [-0.05, 0) is 30.9 Å². The van der Waals surface area contributed by atoms with Crippen molar-refractivity contribution in [2.24, 2.45) is 11.7 Å². The van der Waals surface area contributed by atoms with Crippen LogP contribution in [0.4, 0.5) is 0 Å². The summed E-state index contributed by atoms with van der Waals surface area (Å²) in [5, 5.41) is 0. The van der Waals surface area contributed by atoms with Crippen LogP contribution in [0, 0.1) is 5.92 Å². The molecule has 0 amide bonds. The van der Waals surface area contributed by atoms with Crippen molar-refractivity contribution in [2.45, 2.75) is 18.9 Å². The van der Waals surface area contributed by atoms with Crippen LogP contribution in [0.5, 0.6) is 0 Å². The highest BCUT2D eigenvalue weighted by Crippen LogP contribution is 2.27. The Bertz CT molecular complexity index is 239. The molecule has 1 fully saturated rings. The first-order valence-electron chi connectivity index (χ1n) is 4.74. The van der Waals surface area contributed by atoms with E-state index in [1.54, 1.807) is 6.26 Å². The zero-order valence-corrected chi connectivity index (χ0v) is 7.61. The van der Waals surface area contributed by atoms with Gasteiger partial charge in [0.25, 0.3) is 0 Å². The maximum atomic E-state index is 6.06. The number of rotatable bonds is 2. The minimum absolute atomic E-state index is 0.0406. The first-order valence-corrected chi connectivity index (χ1v) is 4.74. The summed E-state index contributed by atoms with van der Waals surface area (Å²) in [6.45, 7) is 1.66. The molecule has 0 radical (unpaired) electrons. The molecule has 0 unspecified atom stereocenters. The molecular formula is C10H15NO2. The summed E-state index contributed by atoms with van der Waals surface area (Å²) >= 11 is 0. The van der Waals surface area contributed by atoms with Crippen LogP contribution in [0.1, 0.15) is 24.6 Å². The molecule has 0 spiro atoms. The number of hydrogen-bond donors (Lipinski definition) is 1. The van der Waals surface area contributed by atoms with Gasteiger partial charge in [-0.3, -0.25) is 0 Å². The Morgan fingerprint density at radius 1 is 1.38 bits per heavy atom. The van der Waals surface area contributed by atoms with Crippen LogP contribution in [-0.2, 0) is 4.74 Å². The molecule has 0 bridgehead atoms. The quantitative estimate of drug-likeness (QED) is 0.755. The topological polar surface area (TPSA) is 48.4 Å². The number of hydrogen-bond acceptors (Lipinski definition) is 3. The van der Waals surface area contributed by atoms with Gasteiger partial charge in [-0.15, -0.1) is 0 Å². The molecule has 1 aromatic heterocycles. The molecule has 1 aliphatic heterocycles. The lowest BCUT2D eigenvalue weighted by Crippen LogP contribution is -2.27. The summed E-state index contributed by atoms with van der Waals surface area (Å²) in [7, 11) is 0. The van der Waals surface area contributed by atoms with Crippen molar-refractivity contribution in [3.63, 3.8) is 0 Å². The summed E-state index contributed by atoms with van der Waals surface area (Å²) in [4.78, 5) is 0. The molecule has 1 aliphatic rings. The first kappa shape index (κ1) is 8.78. The van der Waals surface area contributed by atoms with Crippen LogP contribution in [0.15, 0.2) is 22.8 Å². The molecule has 72 valence electrons. The highest BCUT2D eigenvalue weighted by molar-refractivity contribution is 5.05.